The van der Waals surface area contributed by atoms with Crippen LogP contribution >= 0.6 is 0 Å². The Morgan fingerprint density at radius 1 is 0.500 bits per heavy atom. The fourth-order valence-electron chi connectivity index (χ4n) is 7.38. The molecule has 0 aromatic heterocycles. The third-order valence-electron chi connectivity index (χ3n) is 7.81. The molecule has 8 aliphatic carbocycles. The van der Waals surface area contributed by atoms with Crippen LogP contribution < -0.4 is 0 Å². The first kappa shape index (κ1) is 9.18. The maximum absolute atomic E-state index is 4.37. The first-order valence-electron chi connectivity index (χ1n) is 7.87. The lowest BCUT2D eigenvalue weighted by Gasteiger charge is -2.24. The van der Waals surface area contributed by atoms with E-state index in [0.29, 0.717) is 0 Å². The number of hydrogen-bond acceptors (Lipinski definition) is 0. The van der Waals surface area contributed by atoms with Crippen LogP contribution in [0.1, 0.15) is 25.7 Å². The summed E-state index contributed by atoms with van der Waals surface area (Å²) in [5.41, 5.74) is 7.25. The lowest BCUT2D eigenvalue weighted by atomic mass is 9.81. The molecule has 0 nitrogen and oxygen atoms in total. The second-order valence-corrected chi connectivity index (χ2v) is 7.86. The maximum atomic E-state index is 4.37. The summed E-state index contributed by atoms with van der Waals surface area (Å²) in [7, 11) is 0. The molecule has 8 bridgehead atoms. The molecule has 0 aromatic carbocycles. The summed E-state index contributed by atoms with van der Waals surface area (Å²) < 4.78 is 0. The molecule has 8 aliphatic rings. The van der Waals surface area contributed by atoms with Crippen molar-refractivity contribution in [2.75, 3.05) is 0 Å². The van der Waals surface area contributed by atoms with Gasteiger partial charge in [-0.3, -0.25) is 0 Å². The molecular formula is C18H20. The average molecular weight is 236 g/mol. The van der Waals surface area contributed by atoms with Crippen LogP contribution in [0.4, 0.5) is 0 Å². The van der Waals surface area contributed by atoms with Crippen molar-refractivity contribution in [1.29, 1.82) is 0 Å². The first-order chi connectivity index (χ1) is 8.75. The molecule has 8 fully saturated rings. The first-order valence-corrected chi connectivity index (χ1v) is 7.87. The van der Waals surface area contributed by atoms with Crippen molar-refractivity contribution >= 4 is 0 Å². The molecule has 0 spiro atoms. The van der Waals surface area contributed by atoms with E-state index in [2.05, 4.69) is 13.2 Å². The highest BCUT2D eigenvalue weighted by Crippen LogP contribution is 2.74. The van der Waals surface area contributed by atoms with E-state index in [1.807, 2.05) is 11.1 Å². The van der Waals surface area contributed by atoms with Gasteiger partial charge in [0, 0.05) is 0 Å². The molecule has 18 heavy (non-hydrogen) atoms. The van der Waals surface area contributed by atoms with Crippen molar-refractivity contribution in [1.82, 2.24) is 0 Å². The zero-order chi connectivity index (χ0) is 11.8. The SMILES string of the molecule is C=C1[C@H]2C[C@@H]3C(=C4[C@@H]5C[C@H]6C(=C)[C@@H]5C[C@@H]46)[C@H]2C[C@H]13. The summed E-state index contributed by atoms with van der Waals surface area (Å²) in [6.45, 7) is 8.75. The minimum absolute atomic E-state index is 0.905. The molecule has 8 rings (SSSR count). The van der Waals surface area contributed by atoms with Gasteiger partial charge in [0.25, 0.3) is 0 Å². The van der Waals surface area contributed by atoms with Gasteiger partial charge in [-0.25, -0.2) is 0 Å². The van der Waals surface area contributed by atoms with Crippen molar-refractivity contribution in [3.63, 3.8) is 0 Å². The summed E-state index contributed by atoms with van der Waals surface area (Å²) >= 11 is 0. The van der Waals surface area contributed by atoms with Gasteiger partial charge in [0.15, 0.2) is 0 Å². The lowest BCUT2D eigenvalue weighted by Crippen LogP contribution is -2.13. The molecule has 0 amide bonds. The van der Waals surface area contributed by atoms with Crippen LogP contribution in [0.3, 0.4) is 0 Å². The fourth-order valence-corrected chi connectivity index (χ4v) is 7.38. The highest BCUT2D eigenvalue weighted by atomic mass is 14.7. The van der Waals surface area contributed by atoms with E-state index in [9.17, 15) is 0 Å². The lowest BCUT2D eigenvalue weighted by molar-refractivity contribution is 0.457. The van der Waals surface area contributed by atoms with Gasteiger partial charge in [-0.15, -0.1) is 0 Å². The monoisotopic (exact) mass is 236 g/mol. The minimum atomic E-state index is 0.905. The second-order valence-electron chi connectivity index (χ2n) is 7.86. The smallest absolute Gasteiger partial charge is 0.0126 e. The summed E-state index contributed by atoms with van der Waals surface area (Å²) in [5, 5.41) is 0. The van der Waals surface area contributed by atoms with Crippen LogP contribution in [-0.2, 0) is 0 Å². The van der Waals surface area contributed by atoms with Crippen molar-refractivity contribution in [3.05, 3.63) is 35.5 Å². The zero-order valence-electron chi connectivity index (χ0n) is 10.9. The van der Waals surface area contributed by atoms with Gasteiger partial charge in [0.05, 0.1) is 0 Å². The number of allylic oxidation sites excluding steroid dienone is 4. The van der Waals surface area contributed by atoms with E-state index in [1.54, 1.807) is 11.1 Å². The van der Waals surface area contributed by atoms with Crippen molar-refractivity contribution in [2.45, 2.75) is 25.7 Å². The molecule has 92 valence electrons. The van der Waals surface area contributed by atoms with Gasteiger partial charge in [-0.05, 0) is 73.0 Å². The quantitative estimate of drug-likeness (QED) is 0.558. The molecule has 0 heterocycles. The van der Waals surface area contributed by atoms with Crippen LogP contribution in [0, 0.1) is 47.3 Å². The summed E-state index contributed by atoms with van der Waals surface area (Å²) in [6.07, 6.45) is 5.90. The van der Waals surface area contributed by atoms with Crippen LogP contribution in [0.15, 0.2) is 35.5 Å². The molecular weight excluding hydrogens is 216 g/mol. The van der Waals surface area contributed by atoms with E-state index >= 15 is 0 Å². The molecule has 0 aliphatic heterocycles. The topological polar surface area (TPSA) is 0 Å². The molecule has 8 atom stereocenters. The highest BCUT2D eigenvalue weighted by molar-refractivity contribution is 5.50. The van der Waals surface area contributed by atoms with Gasteiger partial charge in [0.1, 0.15) is 0 Å². The van der Waals surface area contributed by atoms with Crippen LogP contribution in [0.2, 0.25) is 0 Å². The predicted octanol–water partition coefficient (Wildman–Crippen LogP) is 3.97. The number of rotatable bonds is 0. The van der Waals surface area contributed by atoms with E-state index in [1.165, 1.54) is 25.7 Å². The maximum Gasteiger partial charge on any atom is -0.0126 e. The molecule has 0 saturated heterocycles. The molecule has 0 unspecified atom stereocenters. The van der Waals surface area contributed by atoms with E-state index < -0.39 is 0 Å². The van der Waals surface area contributed by atoms with Crippen LogP contribution in [0.5, 0.6) is 0 Å². The Bertz CT molecular complexity index is 469. The largest absolute Gasteiger partial charge is 0.0993 e. The highest BCUT2D eigenvalue weighted by Gasteiger charge is 2.65. The molecule has 0 aromatic rings. The summed E-state index contributed by atoms with van der Waals surface area (Å²) in [4.78, 5) is 0. The van der Waals surface area contributed by atoms with E-state index in [0.717, 1.165) is 47.3 Å². The Morgan fingerprint density at radius 2 is 0.778 bits per heavy atom. The Kier molecular flexibility index (Phi) is 1.25. The third kappa shape index (κ3) is 0.681. The van der Waals surface area contributed by atoms with Crippen molar-refractivity contribution < 1.29 is 0 Å². The van der Waals surface area contributed by atoms with Gasteiger partial charge < -0.3 is 0 Å². The second kappa shape index (κ2) is 2.44. The van der Waals surface area contributed by atoms with Gasteiger partial charge >= 0.3 is 0 Å². The third-order valence-corrected chi connectivity index (χ3v) is 7.81. The van der Waals surface area contributed by atoms with Crippen molar-refractivity contribution in [2.24, 2.45) is 47.3 Å². The van der Waals surface area contributed by atoms with Gasteiger partial charge in [-0.2, -0.15) is 0 Å². The molecule has 8 saturated carbocycles. The average Bonchev–Trinajstić information content (AvgIpc) is 3.14. The minimum Gasteiger partial charge on any atom is -0.0993 e. The number of hydrogen-bond donors (Lipinski definition) is 0. The standard InChI is InChI=1S/C18H20/c1-7-9-3-13-10(7)4-14(9)17(13)18-15-5-11-8(2)12(15)6-16(11)18/h9-16H,1-6H2/t9-,10-,11+,12+,13+,14+,15-,16-. The molecule has 0 heteroatoms. The van der Waals surface area contributed by atoms with Crippen LogP contribution in [0.25, 0.3) is 0 Å². The Hall–Kier alpha value is -0.780. The zero-order valence-corrected chi connectivity index (χ0v) is 10.9. The summed E-state index contributed by atoms with van der Waals surface area (Å²) in [6, 6.07) is 0. The normalized spacial score (nSPS) is 61.6. The van der Waals surface area contributed by atoms with Crippen molar-refractivity contribution in [3.8, 4) is 0 Å². The Morgan fingerprint density at radius 3 is 1.00 bits per heavy atom. The predicted molar refractivity (Wildman–Crippen MR) is 71.7 cm³/mol. The molecule has 0 radical (unpaired) electrons. The molecule has 0 N–H and O–H groups in total. The van der Waals surface area contributed by atoms with Gasteiger partial charge in [-0.1, -0.05) is 35.5 Å². The van der Waals surface area contributed by atoms with Crippen LogP contribution in [-0.4, -0.2) is 0 Å². The van der Waals surface area contributed by atoms with E-state index in [-0.39, 0.29) is 0 Å². The summed E-state index contributed by atoms with van der Waals surface area (Å²) in [5.74, 6) is 7.44. The Labute approximate surface area is 109 Å². The fraction of sp³-hybridized carbons (Fsp3) is 0.667. The Balaban J connectivity index is 1.54. The van der Waals surface area contributed by atoms with E-state index in [4.69, 9.17) is 0 Å². The van der Waals surface area contributed by atoms with Gasteiger partial charge in [0.2, 0.25) is 0 Å².